The monoisotopic (exact) mass is 286 g/mol. The first-order valence-corrected chi connectivity index (χ1v) is 7.55. The molecule has 0 aliphatic rings. The molecular weight excluding hydrogens is 272 g/mol. The molecule has 0 aromatic heterocycles. The second-order valence-corrected chi connectivity index (χ2v) is 6.14. The average molecular weight is 286 g/mol. The molecule has 0 spiro atoms. The lowest BCUT2D eigenvalue weighted by Crippen LogP contribution is -2.13. The van der Waals surface area contributed by atoms with E-state index in [1.54, 1.807) is 42.5 Å². The van der Waals surface area contributed by atoms with Gasteiger partial charge in [0.25, 0.3) is 10.0 Å². The predicted molar refractivity (Wildman–Crippen MR) is 77.7 cm³/mol. The van der Waals surface area contributed by atoms with E-state index in [0.717, 1.165) is 11.1 Å². The van der Waals surface area contributed by atoms with Crippen molar-refractivity contribution in [2.45, 2.75) is 18.2 Å². The normalized spacial score (nSPS) is 10.8. The SMILES string of the molecule is Cc1cccc(S(=O)(=O)Nc2ccc(CC#N)cc2)c1. The molecule has 4 nitrogen and oxygen atoms in total. The third-order valence-corrected chi connectivity index (χ3v) is 4.17. The van der Waals surface area contributed by atoms with Crippen LogP contribution in [0.25, 0.3) is 0 Å². The summed E-state index contributed by atoms with van der Waals surface area (Å²) in [6, 6.07) is 15.5. The summed E-state index contributed by atoms with van der Waals surface area (Å²) < 4.78 is 26.9. The van der Waals surface area contributed by atoms with Crippen LogP contribution in [0.1, 0.15) is 11.1 Å². The van der Waals surface area contributed by atoms with E-state index >= 15 is 0 Å². The predicted octanol–water partition coefficient (Wildman–Crippen LogP) is 2.86. The summed E-state index contributed by atoms with van der Waals surface area (Å²) in [5.74, 6) is 0. The molecule has 0 radical (unpaired) electrons. The van der Waals surface area contributed by atoms with Crippen molar-refractivity contribution >= 4 is 15.7 Å². The number of nitrogens with zero attached hydrogens (tertiary/aromatic N) is 1. The van der Waals surface area contributed by atoms with Crippen molar-refractivity contribution in [1.82, 2.24) is 0 Å². The Morgan fingerprint density at radius 1 is 1.15 bits per heavy atom. The number of anilines is 1. The Morgan fingerprint density at radius 3 is 2.45 bits per heavy atom. The number of benzene rings is 2. The van der Waals surface area contributed by atoms with Crippen LogP contribution in [0.2, 0.25) is 0 Å². The van der Waals surface area contributed by atoms with Gasteiger partial charge in [-0.1, -0.05) is 24.3 Å². The van der Waals surface area contributed by atoms with E-state index in [4.69, 9.17) is 5.26 Å². The Balaban J connectivity index is 2.22. The third kappa shape index (κ3) is 3.37. The zero-order valence-corrected chi connectivity index (χ0v) is 11.8. The molecule has 5 heteroatoms. The van der Waals surface area contributed by atoms with Gasteiger partial charge in [0.2, 0.25) is 0 Å². The zero-order valence-electron chi connectivity index (χ0n) is 11.0. The van der Waals surface area contributed by atoms with Gasteiger partial charge in [0.1, 0.15) is 0 Å². The van der Waals surface area contributed by atoms with Crippen molar-refractivity contribution in [1.29, 1.82) is 5.26 Å². The van der Waals surface area contributed by atoms with Crippen molar-refractivity contribution < 1.29 is 8.42 Å². The maximum atomic E-state index is 12.2. The van der Waals surface area contributed by atoms with Gasteiger partial charge in [-0.3, -0.25) is 4.72 Å². The number of hydrogen-bond acceptors (Lipinski definition) is 3. The fourth-order valence-corrected chi connectivity index (χ4v) is 2.94. The van der Waals surface area contributed by atoms with E-state index < -0.39 is 10.0 Å². The number of hydrogen-bond donors (Lipinski definition) is 1. The van der Waals surface area contributed by atoms with Gasteiger partial charge in [-0.25, -0.2) is 8.42 Å². The van der Waals surface area contributed by atoms with Gasteiger partial charge in [0, 0.05) is 5.69 Å². The van der Waals surface area contributed by atoms with Crippen molar-refractivity contribution in [2.24, 2.45) is 0 Å². The van der Waals surface area contributed by atoms with Gasteiger partial charge < -0.3 is 0 Å². The Morgan fingerprint density at radius 2 is 1.85 bits per heavy atom. The number of nitriles is 1. The van der Waals surface area contributed by atoms with Crippen molar-refractivity contribution in [3.8, 4) is 6.07 Å². The van der Waals surface area contributed by atoms with Crippen LogP contribution in [0.4, 0.5) is 5.69 Å². The first kappa shape index (κ1) is 14.1. The molecule has 0 fully saturated rings. The highest BCUT2D eigenvalue weighted by Gasteiger charge is 2.13. The van der Waals surface area contributed by atoms with Gasteiger partial charge >= 0.3 is 0 Å². The van der Waals surface area contributed by atoms with Crippen LogP contribution in [-0.4, -0.2) is 8.42 Å². The number of nitrogens with one attached hydrogen (secondary N) is 1. The highest BCUT2D eigenvalue weighted by molar-refractivity contribution is 7.92. The van der Waals surface area contributed by atoms with Crippen LogP contribution >= 0.6 is 0 Å². The second kappa shape index (κ2) is 5.76. The molecular formula is C15H14N2O2S. The lowest BCUT2D eigenvalue weighted by molar-refractivity contribution is 0.601. The number of rotatable bonds is 4. The van der Waals surface area contributed by atoms with Crippen molar-refractivity contribution in [3.63, 3.8) is 0 Å². The molecule has 2 rings (SSSR count). The minimum Gasteiger partial charge on any atom is -0.280 e. The summed E-state index contributed by atoms with van der Waals surface area (Å²) in [7, 11) is -3.58. The van der Waals surface area contributed by atoms with E-state index in [2.05, 4.69) is 4.72 Å². The van der Waals surface area contributed by atoms with Gasteiger partial charge in [-0.2, -0.15) is 5.26 Å². The van der Waals surface area contributed by atoms with Crippen LogP contribution in [0.3, 0.4) is 0 Å². The molecule has 1 N–H and O–H groups in total. The van der Waals surface area contributed by atoms with E-state index in [0.29, 0.717) is 12.1 Å². The lowest BCUT2D eigenvalue weighted by Gasteiger charge is -2.09. The van der Waals surface area contributed by atoms with E-state index in [1.807, 2.05) is 19.1 Å². The minimum atomic E-state index is -3.58. The summed E-state index contributed by atoms with van der Waals surface area (Å²) >= 11 is 0. The van der Waals surface area contributed by atoms with Gasteiger partial charge in [-0.15, -0.1) is 0 Å². The molecule has 2 aromatic carbocycles. The Bertz CT molecular complexity index is 744. The Kier molecular flexibility index (Phi) is 4.06. The third-order valence-electron chi connectivity index (χ3n) is 2.79. The molecule has 0 bridgehead atoms. The maximum absolute atomic E-state index is 12.2. The van der Waals surface area contributed by atoms with Crippen molar-refractivity contribution in [3.05, 3.63) is 59.7 Å². The number of aryl methyl sites for hydroxylation is 1. The average Bonchev–Trinajstić information content (AvgIpc) is 2.41. The van der Waals surface area contributed by atoms with Crippen LogP contribution in [0.5, 0.6) is 0 Å². The Hall–Kier alpha value is -2.32. The highest BCUT2D eigenvalue weighted by atomic mass is 32.2. The fraction of sp³-hybridized carbons (Fsp3) is 0.133. The van der Waals surface area contributed by atoms with Gasteiger partial charge in [0.05, 0.1) is 17.4 Å². The van der Waals surface area contributed by atoms with E-state index in [-0.39, 0.29) is 4.90 Å². The molecule has 0 saturated carbocycles. The summed E-state index contributed by atoms with van der Waals surface area (Å²) in [5, 5.41) is 8.59. The molecule has 0 unspecified atom stereocenters. The van der Waals surface area contributed by atoms with Crippen LogP contribution in [0, 0.1) is 18.3 Å². The largest absolute Gasteiger partial charge is 0.280 e. The first-order chi connectivity index (χ1) is 9.51. The maximum Gasteiger partial charge on any atom is 0.261 e. The molecule has 0 heterocycles. The minimum absolute atomic E-state index is 0.235. The fourth-order valence-electron chi connectivity index (χ4n) is 1.78. The molecule has 0 aliphatic heterocycles. The Labute approximate surface area is 118 Å². The second-order valence-electron chi connectivity index (χ2n) is 4.45. The molecule has 0 saturated heterocycles. The first-order valence-electron chi connectivity index (χ1n) is 6.07. The molecule has 20 heavy (non-hydrogen) atoms. The summed E-state index contributed by atoms with van der Waals surface area (Å²) in [6.07, 6.45) is 0.310. The lowest BCUT2D eigenvalue weighted by atomic mass is 10.1. The topological polar surface area (TPSA) is 70.0 Å². The van der Waals surface area contributed by atoms with Crippen LogP contribution in [0.15, 0.2) is 53.4 Å². The van der Waals surface area contributed by atoms with Crippen molar-refractivity contribution in [2.75, 3.05) is 4.72 Å². The quantitative estimate of drug-likeness (QED) is 0.939. The number of sulfonamides is 1. The molecule has 0 atom stereocenters. The summed E-state index contributed by atoms with van der Waals surface area (Å²) in [4.78, 5) is 0.235. The molecule has 0 aliphatic carbocycles. The van der Waals surface area contributed by atoms with Crippen LogP contribution < -0.4 is 4.72 Å². The summed E-state index contributed by atoms with van der Waals surface area (Å²) in [5.41, 5.74) is 2.22. The van der Waals surface area contributed by atoms with Gasteiger partial charge in [0.15, 0.2) is 0 Å². The smallest absolute Gasteiger partial charge is 0.261 e. The zero-order chi connectivity index (χ0) is 14.6. The van der Waals surface area contributed by atoms with Gasteiger partial charge in [-0.05, 0) is 42.3 Å². The standard InChI is InChI=1S/C15H14N2O2S/c1-12-3-2-4-15(11-12)20(18,19)17-14-7-5-13(6-8-14)9-10-16/h2-8,11,17H,9H2,1H3. The molecule has 102 valence electrons. The molecule has 2 aromatic rings. The highest BCUT2D eigenvalue weighted by Crippen LogP contribution is 2.17. The van der Waals surface area contributed by atoms with Crippen LogP contribution in [-0.2, 0) is 16.4 Å². The van der Waals surface area contributed by atoms with E-state index in [1.165, 1.54) is 0 Å². The molecule has 0 amide bonds. The van der Waals surface area contributed by atoms with E-state index in [9.17, 15) is 8.42 Å². The summed E-state index contributed by atoms with van der Waals surface area (Å²) in [6.45, 7) is 1.84.